The highest BCUT2D eigenvalue weighted by Gasteiger charge is 2.16. The van der Waals surface area contributed by atoms with Crippen LogP contribution in [0.2, 0.25) is 10.0 Å². The Labute approximate surface area is 149 Å². The molecule has 0 radical (unpaired) electrons. The molecule has 0 aliphatic rings. The van der Waals surface area contributed by atoms with Crippen molar-refractivity contribution in [3.05, 3.63) is 58.1 Å². The van der Waals surface area contributed by atoms with Crippen molar-refractivity contribution in [3.8, 4) is 0 Å². The molecule has 2 N–H and O–H groups in total. The van der Waals surface area contributed by atoms with E-state index < -0.39 is 15.9 Å². The summed E-state index contributed by atoms with van der Waals surface area (Å²) in [6, 6.07) is 9.89. The van der Waals surface area contributed by atoms with Crippen LogP contribution in [0.4, 0.5) is 5.69 Å². The van der Waals surface area contributed by atoms with Crippen LogP contribution in [0.15, 0.2) is 47.4 Å². The van der Waals surface area contributed by atoms with Gasteiger partial charge in [-0.15, -0.1) is 0 Å². The number of nitrogens with one attached hydrogen (secondary N) is 2. The van der Waals surface area contributed by atoms with Crippen LogP contribution in [-0.2, 0) is 14.9 Å². The summed E-state index contributed by atoms with van der Waals surface area (Å²) in [4.78, 5) is 16.5. The number of sulfonamides is 1. The quantitative estimate of drug-likeness (QED) is 0.741. The summed E-state index contributed by atoms with van der Waals surface area (Å²) in [7, 11) is -3.82. The fraction of sp³-hybridized carbons (Fsp3) is 0.133. The maximum Gasteiger partial charge on any atom is 0.274 e. The van der Waals surface area contributed by atoms with Crippen LogP contribution in [-0.4, -0.2) is 20.9 Å². The maximum absolute atomic E-state index is 12.3. The minimum Gasteiger partial charge on any atom is -0.280 e. The smallest absolute Gasteiger partial charge is 0.274 e. The normalized spacial score (nSPS) is 11.1. The van der Waals surface area contributed by atoms with Gasteiger partial charge in [-0.3, -0.25) is 14.4 Å². The summed E-state index contributed by atoms with van der Waals surface area (Å²) in [6.45, 7) is 2.08. The third kappa shape index (κ3) is 4.61. The largest absolute Gasteiger partial charge is 0.280 e. The van der Waals surface area contributed by atoms with Crippen LogP contribution in [0.25, 0.3) is 0 Å². The minimum absolute atomic E-state index is 0.0185. The Kier molecular flexibility index (Phi) is 6.06. The van der Waals surface area contributed by atoms with E-state index in [0.29, 0.717) is 17.9 Å². The number of hydrogen-bond donors (Lipinski definition) is 2. The van der Waals surface area contributed by atoms with E-state index in [2.05, 4.69) is 10.2 Å². The van der Waals surface area contributed by atoms with Crippen molar-refractivity contribution in [3.63, 3.8) is 0 Å². The molecule has 0 heterocycles. The van der Waals surface area contributed by atoms with Crippen molar-refractivity contribution in [1.82, 2.24) is 5.48 Å². The second kappa shape index (κ2) is 7.85. The molecule has 0 aromatic heterocycles. The minimum atomic E-state index is -3.82. The number of carbonyl (C=O) groups excluding carboxylic acids is 1. The Morgan fingerprint density at radius 2 is 1.75 bits per heavy atom. The second-order valence-corrected chi connectivity index (χ2v) is 7.12. The van der Waals surface area contributed by atoms with Crippen molar-refractivity contribution < 1.29 is 18.0 Å². The Morgan fingerprint density at radius 3 is 2.33 bits per heavy atom. The van der Waals surface area contributed by atoms with Gasteiger partial charge in [0.15, 0.2) is 0 Å². The van der Waals surface area contributed by atoms with Gasteiger partial charge in [0, 0.05) is 11.3 Å². The van der Waals surface area contributed by atoms with Crippen LogP contribution < -0.4 is 10.2 Å². The fourth-order valence-electron chi connectivity index (χ4n) is 1.74. The molecular formula is C15H14Cl2N2O4S. The van der Waals surface area contributed by atoms with Crippen LogP contribution in [0.5, 0.6) is 0 Å². The molecule has 2 aromatic rings. The van der Waals surface area contributed by atoms with Crippen molar-refractivity contribution in [2.24, 2.45) is 0 Å². The van der Waals surface area contributed by atoms with Gasteiger partial charge in [0.1, 0.15) is 0 Å². The maximum atomic E-state index is 12.3. The van der Waals surface area contributed by atoms with Gasteiger partial charge in [-0.05, 0) is 49.4 Å². The molecule has 0 saturated heterocycles. The molecule has 0 bridgehead atoms. The number of benzene rings is 2. The lowest BCUT2D eigenvalue weighted by atomic mass is 10.2. The van der Waals surface area contributed by atoms with Crippen molar-refractivity contribution in [1.29, 1.82) is 0 Å². The molecule has 0 saturated carbocycles. The van der Waals surface area contributed by atoms with E-state index in [4.69, 9.17) is 28.0 Å². The molecule has 24 heavy (non-hydrogen) atoms. The Morgan fingerprint density at radius 1 is 1.08 bits per heavy atom. The van der Waals surface area contributed by atoms with Gasteiger partial charge in [-0.1, -0.05) is 23.2 Å². The zero-order valence-electron chi connectivity index (χ0n) is 12.5. The van der Waals surface area contributed by atoms with Crippen LogP contribution >= 0.6 is 23.2 Å². The van der Waals surface area contributed by atoms with Gasteiger partial charge >= 0.3 is 0 Å². The van der Waals surface area contributed by atoms with Gasteiger partial charge in [-0.2, -0.15) is 0 Å². The highest BCUT2D eigenvalue weighted by molar-refractivity contribution is 7.92. The van der Waals surface area contributed by atoms with E-state index in [0.717, 1.165) is 0 Å². The number of hydroxylamine groups is 1. The topological polar surface area (TPSA) is 84.5 Å². The predicted octanol–water partition coefficient (Wildman–Crippen LogP) is 3.48. The summed E-state index contributed by atoms with van der Waals surface area (Å²) >= 11 is 11.6. The Hall–Kier alpha value is -1.80. The third-order valence-corrected chi connectivity index (χ3v) is 5.03. The number of carbonyl (C=O) groups is 1. The molecule has 9 heteroatoms. The lowest BCUT2D eigenvalue weighted by Gasteiger charge is -2.09. The number of halogens is 2. The molecule has 0 aliphatic carbocycles. The van der Waals surface area contributed by atoms with E-state index in [-0.39, 0.29) is 14.9 Å². The van der Waals surface area contributed by atoms with Crippen molar-refractivity contribution >= 4 is 44.8 Å². The zero-order valence-corrected chi connectivity index (χ0v) is 14.9. The molecule has 0 atom stereocenters. The first-order valence-electron chi connectivity index (χ1n) is 6.83. The number of hydrogen-bond acceptors (Lipinski definition) is 4. The molecule has 1 amide bonds. The summed E-state index contributed by atoms with van der Waals surface area (Å²) in [5, 5.41) is 0.405. The summed E-state index contributed by atoms with van der Waals surface area (Å²) in [5.41, 5.74) is 2.88. The molecule has 2 aromatic carbocycles. The van der Waals surface area contributed by atoms with E-state index in [9.17, 15) is 13.2 Å². The molecule has 0 spiro atoms. The molecule has 128 valence electrons. The summed E-state index contributed by atoms with van der Waals surface area (Å²) < 4.78 is 27.0. The lowest BCUT2D eigenvalue weighted by molar-refractivity contribution is 0.0364. The van der Waals surface area contributed by atoms with E-state index in [1.54, 1.807) is 6.92 Å². The van der Waals surface area contributed by atoms with Gasteiger partial charge in [-0.25, -0.2) is 13.9 Å². The van der Waals surface area contributed by atoms with Gasteiger partial charge in [0.05, 0.1) is 21.5 Å². The van der Waals surface area contributed by atoms with Crippen LogP contribution in [0.1, 0.15) is 17.3 Å². The van der Waals surface area contributed by atoms with E-state index in [1.165, 1.54) is 42.5 Å². The first-order chi connectivity index (χ1) is 11.3. The summed E-state index contributed by atoms with van der Waals surface area (Å²) in [5.74, 6) is -0.421. The zero-order chi connectivity index (χ0) is 17.7. The molecule has 0 unspecified atom stereocenters. The number of rotatable bonds is 6. The molecule has 6 nitrogen and oxygen atoms in total. The average molecular weight is 389 g/mol. The summed E-state index contributed by atoms with van der Waals surface area (Å²) in [6.07, 6.45) is 0. The SMILES string of the molecule is CCONC(=O)c1ccc(NS(=O)(=O)c2ccc(Cl)c(Cl)c2)cc1. The number of amides is 1. The predicted molar refractivity (Wildman–Crippen MR) is 92.8 cm³/mol. The molecule has 0 aliphatic heterocycles. The molecule has 2 rings (SSSR count). The fourth-order valence-corrected chi connectivity index (χ4v) is 3.19. The highest BCUT2D eigenvalue weighted by Crippen LogP contribution is 2.26. The van der Waals surface area contributed by atoms with E-state index in [1.807, 2.05) is 0 Å². The highest BCUT2D eigenvalue weighted by atomic mass is 35.5. The van der Waals surface area contributed by atoms with E-state index >= 15 is 0 Å². The number of anilines is 1. The van der Waals surface area contributed by atoms with Gasteiger partial charge < -0.3 is 0 Å². The first-order valence-corrected chi connectivity index (χ1v) is 9.07. The van der Waals surface area contributed by atoms with Crippen molar-refractivity contribution in [2.75, 3.05) is 11.3 Å². The monoisotopic (exact) mass is 388 g/mol. The molecular weight excluding hydrogens is 375 g/mol. The van der Waals surface area contributed by atoms with Crippen LogP contribution in [0.3, 0.4) is 0 Å². The lowest BCUT2D eigenvalue weighted by Crippen LogP contribution is -2.23. The van der Waals surface area contributed by atoms with Crippen LogP contribution in [0, 0.1) is 0 Å². The van der Waals surface area contributed by atoms with Crippen molar-refractivity contribution in [2.45, 2.75) is 11.8 Å². The van der Waals surface area contributed by atoms with Gasteiger partial charge in [0.2, 0.25) is 0 Å². The van der Waals surface area contributed by atoms with Gasteiger partial charge in [0.25, 0.3) is 15.9 Å². The Bertz CT molecular complexity index is 839. The Balaban J connectivity index is 2.15. The standard InChI is InChI=1S/C15H14Cl2N2O4S/c1-2-23-18-15(20)10-3-5-11(6-4-10)19-24(21,22)12-7-8-13(16)14(17)9-12/h3-9,19H,2H2,1H3,(H,18,20). The molecule has 0 fully saturated rings. The third-order valence-electron chi connectivity index (χ3n) is 2.91. The average Bonchev–Trinajstić information content (AvgIpc) is 2.55. The second-order valence-electron chi connectivity index (χ2n) is 4.62. The first kappa shape index (κ1) is 18.5.